The zero-order valence-corrected chi connectivity index (χ0v) is 20.4. The second kappa shape index (κ2) is 11.3. The first-order valence-corrected chi connectivity index (χ1v) is 11.4. The molecule has 2 N–H and O–H groups in total. The summed E-state index contributed by atoms with van der Waals surface area (Å²) in [4.78, 5) is 7.03. The van der Waals surface area contributed by atoms with E-state index in [1.54, 1.807) is 0 Å². The Balaban J connectivity index is 0.00000420. The summed E-state index contributed by atoms with van der Waals surface area (Å²) in [5, 5.41) is 6.39. The van der Waals surface area contributed by atoms with Crippen molar-refractivity contribution >= 4 is 40.0 Å². The van der Waals surface area contributed by atoms with Crippen LogP contribution in [0.1, 0.15) is 46.5 Å². The lowest BCUT2D eigenvalue weighted by atomic mass is 10.1. The lowest BCUT2D eigenvalue weighted by molar-refractivity contribution is -0.0494. The number of hydrogen-bond acceptors (Lipinski definition) is 4. The predicted octanol–water partition coefficient (Wildman–Crippen LogP) is 2.35. The van der Waals surface area contributed by atoms with Crippen molar-refractivity contribution in [1.29, 1.82) is 0 Å². The highest BCUT2D eigenvalue weighted by molar-refractivity contribution is 14.0. The highest BCUT2D eigenvalue weighted by atomic mass is 127. The second-order valence-corrected chi connectivity index (χ2v) is 9.52. The summed E-state index contributed by atoms with van der Waals surface area (Å²) in [6.07, 6.45) is 3.08. The topological polar surface area (TPSA) is 77.0 Å². The van der Waals surface area contributed by atoms with Gasteiger partial charge in [0.05, 0.1) is 6.54 Å². The van der Waals surface area contributed by atoms with Crippen molar-refractivity contribution in [3.05, 3.63) is 0 Å². The van der Waals surface area contributed by atoms with Crippen LogP contribution in [0.25, 0.3) is 0 Å². The number of aliphatic imine (C=N–C) groups is 1. The number of nitrogens with zero attached hydrogens (tertiary/aromatic N) is 3. The van der Waals surface area contributed by atoms with Gasteiger partial charge in [-0.1, -0.05) is 0 Å². The van der Waals surface area contributed by atoms with Gasteiger partial charge in [-0.15, -0.1) is 24.0 Å². The average molecular weight is 555 g/mol. The van der Waals surface area contributed by atoms with Crippen LogP contribution < -0.4 is 10.6 Å². The summed E-state index contributed by atoms with van der Waals surface area (Å²) in [6, 6.07) is 1.02. The van der Waals surface area contributed by atoms with Crippen molar-refractivity contribution in [3.8, 4) is 0 Å². The standard InChI is InChI=1S/C17H32F3N5O2S.HI/c1-4-21-16(22-9-12-25(13(2)3)15-5-6-15)23-14-7-10-24(11-8-14)28(26,27)17(18,19)20;/h13-15H,4-12H2,1-3H3,(H2,21,22,23);1H. The van der Waals surface area contributed by atoms with E-state index in [0.717, 1.165) is 6.54 Å². The zero-order chi connectivity index (χ0) is 20.9. The van der Waals surface area contributed by atoms with E-state index < -0.39 is 15.5 Å². The maximum Gasteiger partial charge on any atom is 0.511 e. The molecule has 0 amide bonds. The van der Waals surface area contributed by atoms with E-state index in [1.807, 2.05) is 6.92 Å². The van der Waals surface area contributed by atoms with Gasteiger partial charge in [-0.05, 0) is 46.5 Å². The van der Waals surface area contributed by atoms with Crippen LogP contribution in [0.4, 0.5) is 13.2 Å². The van der Waals surface area contributed by atoms with Crippen LogP contribution in [-0.2, 0) is 10.0 Å². The molecule has 1 aliphatic heterocycles. The molecule has 1 heterocycles. The molecule has 0 radical (unpaired) electrons. The first kappa shape index (κ1) is 26.7. The van der Waals surface area contributed by atoms with E-state index in [2.05, 4.69) is 34.4 Å². The van der Waals surface area contributed by atoms with Crippen LogP contribution in [0.15, 0.2) is 4.99 Å². The fourth-order valence-corrected chi connectivity index (χ4v) is 4.43. The first-order chi connectivity index (χ1) is 13.1. The van der Waals surface area contributed by atoms with Gasteiger partial charge in [-0.3, -0.25) is 9.89 Å². The Labute approximate surface area is 188 Å². The first-order valence-electron chi connectivity index (χ1n) is 9.93. The van der Waals surface area contributed by atoms with Gasteiger partial charge in [-0.2, -0.15) is 17.5 Å². The van der Waals surface area contributed by atoms with Crippen LogP contribution in [0.2, 0.25) is 0 Å². The molecular formula is C17H33F3IN5O2S. The smallest absolute Gasteiger partial charge is 0.357 e. The molecule has 1 aliphatic carbocycles. The van der Waals surface area contributed by atoms with Crippen molar-refractivity contribution in [1.82, 2.24) is 19.8 Å². The van der Waals surface area contributed by atoms with E-state index in [-0.39, 0.29) is 43.1 Å². The molecule has 0 unspecified atom stereocenters. The number of hydrogen-bond donors (Lipinski definition) is 2. The maximum atomic E-state index is 12.7. The van der Waals surface area contributed by atoms with Gasteiger partial charge in [0.1, 0.15) is 0 Å². The number of sulfonamides is 1. The van der Waals surface area contributed by atoms with E-state index in [4.69, 9.17) is 0 Å². The Morgan fingerprint density at radius 2 is 1.79 bits per heavy atom. The molecule has 172 valence electrons. The lowest BCUT2D eigenvalue weighted by Gasteiger charge is -2.32. The summed E-state index contributed by atoms with van der Waals surface area (Å²) in [6.45, 7) is 8.16. The summed E-state index contributed by atoms with van der Waals surface area (Å²) >= 11 is 0. The van der Waals surface area contributed by atoms with Crippen molar-refractivity contribution < 1.29 is 21.6 Å². The zero-order valence-electron chi connectivity index (χ0n) is 17.2. The maximum absolute atomic E-state index is 12.7. The van der Waals surface area contributed by atoms with Gasteiger partial charge in [0, 0.05) is 44.3 Å². The normalized spacial score (nSPS) is 20.1. The molecule has 0 aromatic rings. The Morgan fingerprint density at radius 1 is 1.21 bits per heavy atom. The predicted molar refractivity (Wildman–Crippen MR) is 119 cm³/mol. The SMILES string of the molecule is CCNC(=NCCN(C(C)C)C1CC1)NC1CCN(S(=O)(=O)C(F)(F)F)CC1.I. The monoisotopic (exact) mass is 555 g/mol. The molecule has 0 spiro atoms. The van der Waals surface area contributed by atoms with E-state index in [9.17, 15) is 21.6 Å². The Morgan fingerprint density at radius 3 is 2.24 bits per heavy atom. The highest BCUT2D eigenvalue weighted by Gasteiger charge is 2.50. The van der Waals surface area contributed by atoms with Crippen molar-refractivity contribution in [2.24, 2.45) is 4.99 Å². The number of alkyl halides is 3. The fraction of sp³-hybridized carbons (Fsp3) is 0.941. The molecule has 12 heteroatoms. The summed E-state index contributed by atoms with van der Waals surface area (Å²) in [5.41, 5.74) is -5.24. The quantitative estimate of drug-likeness (QED) is 0.273. The molecule has 1 saturated carbocycles. The highest BCUT2D eigenvalue weighted by Crippen LogP contribution is 2.29. The van der Waals surface area contributed by atoms with Crippen LogP contribution in [0.3, 0.4) is 0 Å². The molecule has 29 heavy (non-hydrogen) atoms. The number of piperidine rings is 1. The van der Waals surface area contributed by atoms with Gasteiger partial charge in [0.15, 0.2) is 5.96 Å². The largest absolute Gasteiger partial charge is 0.511 e. The van der Waals surface area contributed by atoms with Gasteiger partial charge in [0.2, 0.25) is 0 Å². The van der Waals surface area contributed by atoms with Gasteiger partial charge >= 0.3 is 15.5 Å². The third-order valence-electron chi connectivity index (χ3n) is 5.08. The van der Waals surface area contributed by atoms with E-state index in [1.165, 1.54) is 12.8 Å². The molecule has 0 bridgehead atoms. The molecule has 0 aromatic heterocycles. The van der Waals surface area contributed by atoms with Gasteiger partial charge in [-0.25, -0.2) is 8.42 Å². The molecule has 2 rings (SSSR count). The Kier molecular flexibility index (Phi) is 10.4. The lowest BCUT2D eigenvalue weighted by Crippen LogP contribution is -2.51. The summed E-state index contributed by atoms with van der Waals surface area (Å²) in [5.74, 6) is 0.624. The minimum Gasteiger partial charge on any atom is -0.357 e. The third kappa shape index (κ3) is 7.69. The van der Waals surface area contributed by atoms with Crippen LogP contribution in [-0.4, -0.2) is 79.9 Å². The van der Waals surface area contributed by atoms with Crippen molar-refractivity contribution in [2.45, 2.75) is 70.1 Å². The van der Waals surface area contributed by atoms with Gasteiger partial charge < -0.3 is 10.6 Å². The van der Waals surface area contributed by atoms with Gasteiger partial charge in [0.25, 0.3) is 0 Å². The molecule has 2 aliphatic rings. The molecule has 7 nitrogen and oxygen atoms in total. The number of halogens is 4. The Hall–Kier alpha value is -0.340. The Bertz CT molecular complexity index is 631. The number of guanidine groups is 1. The second-order valence-electron chi connectivity index (χ2n) is 7.59. The minimum absolute atomic E-state index is 0. The molecule has 0 atom stereocenters. The molecular weight excluding hydrogens is 522 g/mol. The summed E-state index contributed by atoms with van der Waals surface area (Å²) in [7, 11) is -5.24. The number of rotatable bonds is 8. The molecule has 2 fully saturated rings. The van der Waals surface area contributed by atoms with Crippen molar-refractivity contribution in [2.75, 3.05) is 32.7 Å². The van der Waals surface area contributed by atoms with Crippen molar-refractivity contribution in [3.63, 3.8) is 0 Å². The van der Waals surface area contributed by atoms with Crippen LogP contribution in [0, 0.1) is 0 Å². The fourth-order valence-electron chi connectivity index (χ4n) is 3.45. The van der Waals surface area contributed by atoms with E-state index in [0.29, 0.717) is 48.3 Å². The van der Waals surface area contributed by atoms with E-state index >= 15 is 0 Å². The molecule has 1 saturated heterocycles. The van der Waals surface area contributed by atoms with Crippen LogP contribution >= 0.6 is 24.0 Å². The number of nitrogens with one attached hydrogen (secondary N) is 2. The minimum atomic E-state index is -5.24. The molecule has 0 aromatic carbocycles. The van der Waals surface area contributed by atoms with Crippen LogP contribution in [0.5, 0.6) is 0 Å². The summed E-state index contributed by atoms with van der Waals surface area (Å²) < 4.78 is 61.5. The third-order valence-corrected chi connectivity index (χ3v) is 6.71. The average Bonchev–Trinajstić information content (AvgIpc) is 3.42.